The molecule has 3 aliphatic rings. The van der Waals surface area contributed by atoms with Crippen molar-refractivity contribution in [3.8, 4) is 0 Å². The SMILES string of the molecule is CC1CN(S(=O)(=O)N2CCC(C(=O)O)CC2)CC2(CCOC2)O1. The summed E-state index contributed by atoms with van der Waals surface area (Å²) in [6.07, 6.45) is 1.24. The van der Waals surface area contributed by atoms with Crippen molar-refractivity contribution in [2.75, 3.05) is 39.4 Å². The van der Waals surface area contributed by atoms with Gasteiger partial charge in [-0.3, -0.25) is 4.79 Å². The molecule has 0 aromatic heterocycles. The van der Waals surface area contributed by atoms with Crippen LogP contribution < -0.4 is 0 Å². The van der Waals surface area contributed by atoms with Gasteiger partial charge in [-0.1, -0.05) is 0 Å². The molecule has 3 rings (SSSR count). The number of morpholine rings is 1. The standard InChI is InChI=1S/C14H24N2O6S/c1-11-8-16(9-14(22-11)4-7-21-10-14)23(19,20)15-5-2-12(3-6-15)13(17)18/h11-12H,2-10H2,1H3,(H,17,18). The third kappa shape index (κ3) is 3.39. The topological polar surface area (TPSA) is 96.4 Å². The van der Waals surface area contributed by atoms with Crippen molar-refractivity contribution in [1.29, 1.82) is 0 Å². The molecule has 1 N–H and O–H groups in total. The number of rotatable bonds is 3. The van der Waals surface area contributed by atoms with Crippen LogP contribution in [0.25, 0.3) is 0 Å². The highest BCUT2D eigenvalue weighted by Crippen LogP contribution is 2.32. The number of carboxylic acid groups (broad SMARTS) is 1. The molecule has 3 saturated heterocycles. The minimum absolute atomic E-state index is 0.184. The van der Waals surface area contributed by atoms with E-state index in [1.54, 1.807) is 0 Å². The smallest absolute Gasteiger partial charge is 0.306 e. The predicted molar refractivity (Wildman–Crippen MR) is 81.1 cm³/mol. The number of aliphatic carboxylic acids is 1. The van der Waals surface area contributed by atoms with Crippen LogP contribution in [0, 0.1) is 5.92 Å². The van der Waals surface area contributed by atoms with E-state index in [4.69, 9.17) is 14.6 Å². The fourth-order valence-electron chi connectivity index (χ4n) is 3.65. The number of carboxylic acids is 1. The molecule has 0 bridgehead atoms. The van der Waals surface area contributed by atoms with E-state index in [0.717, 1.165) is 0 Å². The van der Waals surface area contributed by atoms with E-state index in [1.165, 1.54) is 8.61 Å². The second-order valence-electron chi connectivity index (χ2n) is 6.73. The lowest BCUT2D eigenvalue weighted by Crippen LogP contribution is -2.60. The van der Waals surface area contributed by atoms with E-state index >= 15 is 0 Å². The molecule has 0 amide bonds. The summed E-state index contributed by atoms with van der Waals surface area (Å²) in [5.41, 5.74) is -0.538. The van der Waals surface area contributed by atoms with Crippen molar-refractivity contribution in [2.45, 2.75) is 37.9 Å². The number of ether oxygens (including phenoxy) is 2. The van der Waals surface area contributed by atoms with Gasteiger partial charge in [-0.15, -0.1) is 0 Å². The molecule has 3 fully saturated rings. The second-order valence-corrected chi connectivity index (χ2v) is 8.65. The van der Waals surface area contributed by atoms with E-state index in [-0.39, 0.29) is 19.2 Å². The summed E-state index contributed by atoms with van der Waals surface area (Å²) in [6.45, 7) is 4.03. The lowest BCUT2D eigenvalue weighted by Gasteiger charge is -2.44. The van der Waals surface area contributed by atoms with Crippen LogP contribution >= 0.6 is 0 Å². The lowest BCUT2D eigenvalue weighted by molar-refractivity contribution is -0.143. The van der Waals surface area contributed by atoms with Crippen molar-refractivity contribution < 1.29 is 27.8 Å². The number of nitrogens with zero attached hydrogens (tertiary/aromatic N) is 2. The lowest BCUT2D eigenvalue weighted by atomic mass is 9.99. The van der Waals surface area contributed by atoms with Crippen molar-refractivity contribution >= 4 is 16.2 Å². The second kappa shape index (κ2) is 6.29. The van der Waals surface area contributed by atoms with Gasteiger partial charge >= 0.3 is 5.97 Å². The largest absolute Gasteiger partial charge is 0.481 e. The van der Waals surface area contributed by atoms with Gasteiger partial charge in [0.25, 0.3) is 10.2 Å². The molecule has 0 aromatic carbocycles. The van der Waals surface area contributed by atoms with E-state index in [1.807, 2.05) is 6.92 Å². The Morgan fingerprint density at radius 1 is 1.26 bits per heavy atom. The van der Waals surface area contributed by atoms with Crippen LogP contribution in [0.15, 0.2) is 0 Å². The highest BCUT2D eigenvalue weighted by Gasteiger charge is 2.47. The summed E-state index contributed by atoms with van der Waals surface area (Å²) in [7, 11) is -3.59. The van der Waals surface area contributed by atoms with Gasteiger partial charge in [0.2, 0.25) is 0 Å². The highest BCUT2D eigenvalue weighted by molar-refractivity contribution is 7.86. The van der Waals surface area contributed by atoms with E-state index in [9.17, 15) is 13.2 Å². The van der Waals surface area contributed by atoms with Crippen LogP contribution in [-0.4, -0.2) is 79.2 Å². The molecule has 0 radical (unpaired) electrons. The third-order valence-electron chi connectivity index (χ3n) is 4.90. The highest BCUT2D eigenvalue weighted by atomic mass is 32.2. The van der Waals surface area contributed by atoms with Gasteiger partial charge < -0.3 is 14.6 Å². The Morgan fingerprint density at radius 3 is 2.52 bits per heavy atom. The minimum atomic E-state index is -3.59. The Morgan fingerprint density at radius 2 is 1.96 bits per heavy atom. The predicted octanol–water partition coefficient (Wildman–Crippen LogP) is -0.0924. The number of hydrogen-bond donors (Lipinski definition) is 1. The molecule has 3 aliphatic heterocycles. The van der Waals surface area contributed by atoms with Crippen LogP contribution in [-0.2, 0) is 24.5 Å². The molecule has 23 heavy (non-hydrogen) atoms. The average Bonchev–Trinajstić information content (AvgIpc) is 2.94. The maximum Gasteiger partial charge on any atom is 0.306 e. The van der Waals surface area contributed by atoms with Crippen molar-refractivity contribution in [1.82, 2.24) is 8.61 Å². The summed E-state index contributed by atoms with van der Waals surface area (Å²) in [5.74, 6) is -1.29. The van der Waals surface area contributed by atoms with Crippen molar-refractivity contribution in [3.63, 3.8) is 0 Å². The Bertz CT molecular complexity index is 552. The Labute approximate surface area is 136 Å². The van der Waals surface area contributed by atoms with Gasteiger partial charge in [0.1, 0.15) is 5.60 Å². The van der Waals surface area contributed by atoms with Crippen LogP contribution in [0.3, 0.4) is 0 Å². The van der Waals surface area contributed by atoms with E-state index in [0.29, 0.717) is 45.6 Å². The molecular weight excluding hydrogens is 324 g/mol. The summed E-state index contributed by atoms with van der Waals surface area (Å²) in [4.78, 5) is 11.0. The molecule has 2 unspecified atom stereocenters. The fraction of sp³-hybridized carbons (Fsp3) is 0.929. The first-order chi connectivity index (χ1) is 10.8. The van der Waals surface area contributed by atoms with Gasteiger partial charge in [0.05, 0.1) is 18.6 Å². The molecule has 3 heterocycles. The summed E-state index contributed by atoms with van der Waals surface area (Å²) in [6, 6.07) is 0. The van der Waals surface area contributed by atoms with Crippen LogP contribution in [0.2, 0.25) is 0 Å². The van der Waals surface area contributed by atoms with Crippen LogP contribution in [0.1, 0.15) is 26.2 Å². The van der Waals surface area contributed by atoms with Gasteiger partial charge in [0.15, 0.2) is 0 Å². The molecule has 8 nitrogen and oxygen atoms in total. The Balaban J connectivity index is 1.70. The first-order valence-corrected chi connectivity index (χ1v) is 9.46. The first-order valence-electron chi connectivity index (χ1n) is 8.06. The molecule has 132 valence electrons. The zero-order chi connectivity index (χ0) is 16.7. The fourth-order valence-corrected chi connectivity index (χ4v) is 5.45. The van der Waals surface area contributed by atoms with E-state index in [2.05, 4.69) is 0 Å². The van der Waals surface area contributed by atoms with Gasteiger partial charge in [0, 0.05) is 39.2 Å². The Hall–Kier alpha value is -0.740. The van der Waals surface area contributed by atoms with Gasteiger partial charge in [-0.2, -0.15) is 17.0 Å². The summed E-state index contributed by atoms with van der Waals surface area (Å²) >= 11 is 0. The van der Waals surface area contributed by atoms with Crippen molar-refractivity contribution in [3.05, 3.63) is 0 Å². The molecule has 9 heteroatoms. The first kappa shape index (κ1) is 17.1. The zero-order valence-electron chi connectivity index (χ0n) is 13.3. The molecular formula is C14H24N2O6S. The monoisotopic (exact) mass is 348 g/mol. The minimum Gasteiger partial charge on any atom is -0.481 e. The van der Waals surface area contributed by atoms with Gasteiger partial charge in [-0.25, -0.2) is 0 Å². The summed E-state index contributed by atoms with van der Waals surface area (Å²) in [5, 5.41) is 9.04. The summed E-state index contributed by atoms with van der Waals surface area (Å²) < 4.78 is 40.1. The third-order valence-corrected chi connectivity index (χ3v) is 6.85. The molecule has 1 spiro atoms. The van der Waals surface area contributed by atoms with Crippen molar-refractivity contribution in [2.24, 2.45) is 5.92 Å². The van der Waals surface area contributed by atoms with E-state index < -0.39 is 27.7 Å². The molecule has 0 aliphatic carbocycles. The Kier molecular flexibility index (Phi) is 4.67. The quantitative estimate of drug-likeness (QED) is 0.766. The molecule has 0 saturated carbocycles. The van der Waals surface area contributed by atoms with Crippen LogP contribution in [0.4, 0.5) is 0 Å². The molecule has 2 atom stereocenters. The number of piperidine rings is 1. The normalized spacial score (nSPS) is 34.9. The number of hydrogen-bond acceptors (Lipinski definition) is 5. The van der Waals surface area contributed by atoms with Gasteiger partial charge in [-0.05, 0) is 19.8 Å². The van der Waals surface area contributed by atoms with Crippen LogP contribution in [0.5, 0.6) is 0 Å². The average molecular weight is 348 g/mol. The maximum atomic E-state index is 12.9. The zero-order valence-corrected chi connectivity index (χ0v) is 14.1. The molecule has 0 aromatic rings. The number of carbonyl (C=O) groups is 1. The maximum absolute atomic E-state index is 12.9.